The summed E-state index contributed by atoms with van der Waals surface area (Å²) in [7, 11) is -4.28. The Hall–Kier alpha value is -2.06. The Labute approximate surface area is 200 Å². The van der Waals surface area contributed by atoms with E-state index in [1.807, 2.05) is 25.1 Å². The molecule has 3 aromatic rings. The van der Waals surface area contributed by atoms with Crippen LogP contribution in [0.5, 0.6) is 0 Å². The standard InChI is InChI=1S/C21H26N5O4PS2/c1-12(2)7-16(10-27)23-19-18-20(24-17(33-18)11-31(28,29)30)26-21(25-19)32-13(3)15-6-4-5-14(8-15)9-22/h4-6,8,12-13,16,27H,7,10-11H2,1-3H3,(H,23,25,26)(H2,28,29,30). The van der Waals surface area contributed by atoms with Crippen molar-refractivity contribution < 1.29 is 19.5 Å². The summed E-state index contributed by atoms with van der Waals surface area (Å²) in [6.07, 6.45) is 0.249. The van der Waals surface area contributed by atoms with Crippen molar-refractivity contribution in [1.82, 2.24) is 15.0 Å². The molecule has 2 heterocycles. The van der Waals surface area contributed by atoms with Crippen LogP contribution in [0.4, 0.5) is 5.82 Å². The molecule has 9 nitrogen and oxygen atoms in total. The molecule has 2 unspecified atom stereocenters. The molecular weight excluding hydrogens is 481 g/mol. The molecule has 0 radical (unpaired) electrons. The zero-order chi connectivity index (χ0) is 24.2. The van der Waals surface area contributed by atoms with Crippen molar-refractivity contribution in [2.24, 2.45) is 5.92 Å². The normalized spacial score (nSPS) is 13.8. The number of nitriles is 1. The number of aliphatic hydroxyl groups is 1. The first-order valence-electron chi connectivity index (χ1n) is 10.3. The molecule has 0 aliphatic carbocycles. The number of fused-ring (bicyclic) bond motifs is 1. The van der Waals surface area contributed by atoms with E-state index in [9.17, 15) is 19.5 Å². The Morgan fingerprint density at radius 3 is 2.64 bits per heavy atom. The van der Waals surface area contributed by atoms with Gasteiger partial charge in [-0.25, -0.2) is 15.0 Å². The van der Waals surface area contributed by atoms with Crippen LogP contribution in [0.3, 0.4) is 0 Å². The third kappa shape index (κ3) is 7.21. The molecule has 2 atom stereocenters. The quantitative estimate of drug-likeness (QED) is 0.177. The Morgan fingerprint density at radius 2 is 2.00 bits per heavy atom. The molecule has 0 saturated carbocycles. The van der Waals surface area contributed by atoms with Gasteiger partial charge in [0.05, 0.1) is 24.3 Å². The number of hydrogen-bond donors (Lipinski definition) is 4. The van der Waals surface area contributed by atoms with Gasteiger partial charge < -0.3 is 20.2 Å². The van der Waals surface area contributed by atoms with Crippen LogP contribution in [0.15, 0.2) is 29.4 Å². The molecule has 176 valence electrons. The molecule has 0 bridgehead atoms. The number of hydrogen-bond acceptors (Lipinski definition) is 9. The van der Waals surface area contributed by atoms with Crippen molar-refractivity contribution in [3.63, 3.8) is 0 Å². The van der Waals surface area contributed by atoms with Gasteiger partial charge in [0, 0.05) is 5.25 Å². The van der Waals surface area contributed by atoms with Gasteiger partial charge in [-0.05, 0) is 37.0 Å². The summed E-state index contributed by atoms with van der Waals surface area (Å²) in [5.41, 5.74) is 1.87. The molecule has 3 rings (SSSR count). The smallest absolute Gasteiger partial charge is 0.332 e. The van der Waals surface area contributed by atoms with E-state index >= 15 is 0 Å². The highest BCUT2D eigenvalue weighted by Crippen LogP contribution is 2.42. The number of aromatic nitrogens is 3. The van der Waals surface area contributed by atoms with Gasteiger partial charge in [0.2, 0.25) is 0 Å². The number of benzene rings is 1. The maximum Gasteiger partial charge on any atom is 0.332 e. The lowest BCUT2D eigenvalue weighted by Gasteiger charge is -2.19. The van der Waals surface area contributed by atoms with Crippen molar-refractivity contribution in [2.45, 2.75) is 49.8 Å². The fourth-order valence-electron chi connectivity index (χ4n) is 3.27. The fourth-order valence-corrected chi connectivity index (χ4v) is 6.09. The summed E-state index contributed by atoms with van der Waals surface area (Å²) in [6.45, 7) is 6.02. The number of aliphatic hydroxyl groups excluding tert-OH is 1. The largest absolute Gasteiger partial charge is 0.394 e. The van der Waals surface area contributed by atoms with Gasteiger partial charge in [-0.3, -0.25) is 4.57 Å². The van der Waals surface area contributed by atoms with Crippen molar-refractivity contribution in [3.05, 3.63) is 40.4 Å². The molecule has 0 saturated heterocycles. The number of thioether (sulfide) groups is 1. The van der Waals surface area contributed by atoms with Gasteiger partial charge in [0.1, 0.15) is 15.9 Å². The average molecular weight is 508 g/mol. The second-order valence-corrected chi connectivity index (χ2v) is 12.1. The Morgan fingerprint density at radius 1 is 1.24 bits per heavy atom. The summed E-state index contributed by atoms with van der Waals surface area (Å²) in [5.74, 6) is 0.828. The van der Waals surface area contributed by atoms with E-state index in [0.29, 0.717) is 32.8 Å². The van der Waals surface area contributed by atoms with Crippen molar-refractivity contribution in [1.29, 1.82) is 5.26 Å². The van der Waals surface area contributed by atoms with Gasteiger partial charge in [0.15, 0.2) is 16.6 Å². The molecule has 0 fully saturated rings. The summed E-state index contributed by atoms with van der Waals surface area (Å²) in [4.78, 5) is 32.2. The minimum absolute atomic E-state index is 0.0545. The third-order valence-corrected chi connectivity index (χ3v) is 7.70. The lowest BCUT2D eigenvalue weighted by Crippen LogP contribution is -2.26. The van der Waals surface area contributed by atoms with Gasteiger partial charge in [-0.1, -0.05) is 37.7 Å². The summed E-state index contributed by atoms with van der Waals surface area (Å²) >= 11 is 2.53. The van der Waals surface area contributed by atoms with Crippen molar-refractivity contribution in [3.8, 4) is 6.07 Å². The van der Waals surface area contributed by atoms with Crippen molar-refractivity contribution in [2.75, 3.05) is 11.9 Å². The monoisotopic (exact) mass is 507 g/mol. The molecule has 0 spiro atoms. The Kier molecular flexibility index (Phi) is 8.45. The second kappa shape index (κ2) is 10.9. The predicted octanol–water partition coefficient (Wildman–Crippen LogP) is 4.31. The Bertz CT molecular complexity index is 1210. The van der Waals surface area contributed by atoms with Crippen LogP contribution in [-0.2, 0) is 10.7 Å². The zero-order valence-corrected chi connectivity index (χ0v) is 21.0. The maximum absolute atomic E-state index is 11.5. The molecule has 33 heavy (non-hydrogen) atoms. The lowest BCUT2D eigenvalue weighted by atomic mass is 10.0. The highest BCUT2D eigenvalue weighted by Gasteiger charge is 2.22. The molecule has 0 amide bonds. The minimum Gasteiger partial charge on any atom is -0.394 e. The van der Waals surface area contributed by atoms with E-state index in [0.717, 1.165) is 23.3 Å². The minimum atomic E-state index is -4.28. The fraction of sp³-hybridized carbons (Fsp3) is 0.429. The van der Waals surface area contributed by atoms with Crippen LogP contribution in [0, 0.1) is 17.2 Å². The second-order valence-electron chi connectivity index (χ2n) is 8.09. The molecule has 0 aliphatic rings. The van der Waals surface area contributed by atoms with Crippen LogP contribution in [0.1, 0.15) is 48.6 Å². The zero-order valence-electron chi connectivity index (χ0n) is 18.5. The predicted molar refractivity (Wildman–Crippen MR) is 130 cm³/mol. The van der Waals surface area contributed by atoms with Crippen LogP contribution in [-0.4, -0.2) is 42.5 Å². The van der Waals surface area contributed by atoms with Gasteiger partial charge >= 0.3 is 7.60 Å². The average Bonchev–Trinajstić information content (AvgIpc) is 3.13. The molecule has 12 heteroatoms. The number of rotatable bonds is 10. The van der Waals surface area contributed by atoms with E-state index in [1.165, 1.54) is 11.8 Å². The third-order valence-electron chi connectivity index (χ3n) is 4.70. The summed E-state index contributed by atoms with van der Waals surface area (Å²) in [6, 6.07) is 9.22. The van der Waals surface area contributed by atoms with Crippen molar-refractivity contribution >= 4 is 46.9 Å². The first kappa shape index (κ1) is 25.6. The number of thiazole rings is 1. The molecular formula is C21H26N5O4PS2. The van der Waals surface area contributed by atoms with E-state index in [1.54, 1.807) is 6.07 Å². The molecule has 0 aliphatic heterocycles. The summed E-state index contributed by atoms with van der Waals surface area (Å²) < 4.78 is 12.1. The first-order valence-corrected chi connectivity index (χ1v) is 13.8. The van der Waals surface area contributed by atoms with Crippen LogP contribution < -0.4 is 5.32 Å². The van der Waals surface area contributed by atoms with E-state index in [2.05, 4.69) is 40.2 Å². The van der Waals surface area contributed by atoms with E-state index in [4.69, 9.17) is 5.26 Å². The Balaban J connectivity index is 1.98. The van der Waals surface area contributed by atoms with Crippen LogP contribution in [0.25, 0.3) is 10.3 Å². The van der Waals surface area contributed by atoms with Gasteiger partial charge in [0.25, 0.3) is 0 Å². The molecule has 2 aromatic heterocycles. The highest BCUT2D eigenvalue weighted by molar-refractivity contribution is 7.99. The number of nitrogens with one attached hydrogen (secondary N) is 1. The topological polar surface area (TPSA) is 152 Å². The molecule has 4 N–H and O–H groups in total. The number of anilines is 1. The highest BCUT2D eigenvalue weighted by atomic mass is 32.2. The SMILES string of the molecule is CC(C)CC(CO)Nc1nc(SC(C)c2cccc(C#N)c2)nc2nc(CP(=O)(O)O)sc12. The van der Waals surface area contributed by atoms with Crippen LogP contribution >= 0.6 is 30.7 Å². The van der Waals surface area contributed by atoms with Gasteiger partial charge in [-0.2, -0.15) is 5.26 Å². The lowest BCUT2D eigenvalue weighted by molar-refractivity contribution is 0.259. The number of nitrogens with zero attached hydrogens (tertiary/aromatic N) is 4. The van der Waals surface area contributed by atoms with Gasteiger partial charge in [-0.15, -0.1) is 11.3 Å². The van der Waals surface area contributed by atoms with Crippen LogP contribution in [0.2, 0.25) is 0 Å². The van der Waals surface area contributed by atoms with E-state index < -0.39 is 13.8 Å². The first-order chi connectivity index (χ1) is 15.6. The summed E-state index contributed by atoms with van der Waals surface area (Å²) in [5, 5.41) is 22.9. The van der Waals surface area contributed by atoms with E-state index in [-0.39, 0.29) is 22.9 Å². The maximum atomic E-state index is 11.5. The molecule has 1 aromatic carbocycles.